The Balaban J connectivity index is -0.0000000926. The summed E-state index contributed by atoms with van der Waals surface area (Å²) in [5.41, 5.74) is -4.41. The van der Waals surface area contributed by atoms with Crippen LogP contribution in [0.1, 0.15) is 30.4 Å². The van der Waals surface area contributed by atoms with Gasteiger partial charge in [0.05, 0.1) is 0 Å². The summed E-state index contributed by atoms with van der Waals surface area (Å²) in [6.07, 6.45) is 7.12. The second-order valence-electron chi connectivity index (χ2n) is 9.02. The number of rotatable bonds is 3. The zero-order valence-electron chi connectivity index (χ0n) is 38.6. The van der Waals surface area contributed by atoms with Crippen LogP contribution in [0.5, 0.6) is 0 Å². The molecule has 0 bridgehead atoms. The fraction of sp³-hybridized carbons (Fsp3) is 0.333. The average Bonchev–Trinajstić information content (AvgIpc) is 3.74. The Morgan fingerprint density at radius 1 is 0.526 bits per heavy atom. The molecular formula is C27H30N12O6Y12-6. The van der Waals surface area contributed by atoms with E-state index < -0.39 is 53.7 Å². The van der Waals surface area contributed by atoms with Crippen LogP contribution >= 0.6 is 0 Å². The Morgan fingerprint density at radius 3 is 1.30 bits per heavy atom. The maximum Gasteiger partial charge on any atom is 0.313 e. The third-order valence-electron chi connectivity index (χ3n) is 6.52. The molecule has 12 radical (unpaired) electrons. The van der Waals surface area contributed by atoms with Gasteiger partial charge in [0.2, 0.25) is 22.5 Å². The van der Waals surface area contributed by atoms with Gasteiger partial charge in [0.1, 0.15) is 0 Å². The molecule has 0 amide bonds. The van der Waals surface area contributed by atoms with Crippen LogP contribution in [0.4, 0.5) is 0 Å². The number of hydrogen-bond acceptors (Lipinski definition) is 9. The number of nitrogens with zero attached hydrogens (tertiary/aromatic N) is 12. The number of hydrogen-bond donors (Lipinski definition) is 0. The first-order valence-corrected chi connectivity index (χ1v) is 12.6. The molecule has 6 heterocycles. The normalized spacial score (nSPS) is 11.3. The molecular weight excluding hydrogens is 1660 g/mol. The van der Waals surface area contributed by atoms with E-state index in [1.807, 2.05) is 0 Å². The minimum atomic E-state index is -2.59. The Kier molecular flexibility index (Phi) is 45.5. The number of aryl methyl sites for hydroxylation is 3. The number of fused-ring (bicyclic) bond motifs is 3. The molecule has 6 aromatic rings. The molecule has 18 nitrogen and oxygen atoms in total. The summed E-state index contributed by atoms with van der Waals surface area (Å²) >= 11 is 0. The van der Waals surface area contributed by atoms with E-state index in [1.165, 1.54) is 18.7 Å². The fourth-order valence-electron chi connectivity index (χ4n) is 4.22. The Bertz CT molecular complexity index is 2640. The third kappa shape index (κ3) is 18.9. The molecule has 30 heteroatoms. The van der Waals surface area contributed by atoms with Crippen molar-refractivity contribution in [2.75, 3.05) is 0 Å². The second kappa shape index (κ2) is 39.1. The summed E-state index contributed by atoms with van der Waals surface area (Å²) in [6.45, 7) is -2.80. The molecule has 0 saturated heterocycles. The van der Waals surface area contributed by atoms with Crippen molar-refractivity contribution in [1.29, 1.82) is 0 Å². The van der Waals surface area contributed by atoms with Crippen LogP contribution < -0.4 is 33.7 Å². The summed E-state index contributed by atoms with van der Waals surface area (Å²) in [7, 11) is 13.4. The van der Waals surface area contributed by atoms with Gasteiger partial charge in [-0.05, 0) is 64.2 Å². The zero-order chi connectivity index (χ0) is 39.6. The van der Waals surface area contributed by atoms with Gasteiger partial charge in [-0.3, -0.25) is 19.0 Å². The number of imidazole rings is 3. The van der Waals surface area contributed by atoms with Gasteiger partial charge in [-0.25, -0.2) is 4.79 Å². The number of aromatic nitrogens is 12. The van der Waals surface area contributed by atoms with Crippen molar-refractivity contribution in [2.45, 2.75) is 40.3 Å². The molecule has 0 unspecified atom stereocenters. The summed E-state index contributed by atoms with van der Waals surface area (Å²) in [6, 6.07) is 0. The van der Waals surface area contributed by atoms with E-state index in [2.05, 4.69) is 55.1 Å². The van der Waals surface area contributed by atoms with Crippen molar-refractivity contribution in [2.24, 2.45) is 21.1 Å². The first-order chi connectivity index (χ1) is 23.8. The standard InChI is InChI=1S/3C9H10N4O2.12Y/c3*1-4-13-8(14)6-7(10-5-11(6)2)12(3)9(13)15;;;;;;;;;;;;/h2*3-4H2,1-2H3;2,4H2,1,3H3;;;;;;;;;;;;/q3*-2;;;;;;;;;;;;/i4D2;2D3;4D2;;;;;;;;;;;;. The molecule has 0 aliphatic rings. The van der Waals surface area contributed by atoms with E-state index in [4.69, 9.17) is 9.60 Å². The van der Waals surface area contributed by atoms with Gasteiger partial charge in [-0.2, -0.15) is 7.05 Å². The zero-order valence-corrected chi connectivity index (χ0v) is 65.6. The quantitative estimate of drug-likeness (QED) is 0.182. The first-order valence-electron chi connectivity index (χ1n) is 16.1. The minimum absolute atomic E-state index is 0. The van der Waals surface area contributed by atoms with E-state index in [0.29, 0.717) is 13.7 Å². The largest absolute Gasteiger partial charge is 0.567 e. The fourth-order valence-corrected chi connectivity index (χ4v) is 4.22. The van der Waals surface area contributed by atoms with Gasteiger partial charge in [0, 0.05) is 434 Å². The van der Waals surface area contributed by atoms with E-state index in [1.54, 1.807) is 6.92 Å². The van der Waals surface area contributed by atoms with Crippen LogP contribution in [0.3, 0.4) is 0 Å². The Morgan fingerprint density at radius 2 is 0.877 bits per heavy atom. The monoisotopic (exact) mass is 1690 g/mol. The molecule has 0 aliphatic carbocycles. The maximum atomic E-state index is 12.1. The van der Waals surface area contributed by atoms with Crippen LogP contribution in [-0.4, -0.2) is 56.1 Å². The van der Waals surface area contributed by atoms with Crippen molar-refractivity contribution in [3.63, 3.8) is 0 Å². The Hall–Kier alpha value is 7.31. The topological polar surface area (TPSA) is 185 Å². The molecule has 276 valence electrons. The molecule has 57 heavy (non-hydrogen) atoms. The van der Waals surface area contributed by atoms with Crippen LogP contribution in [0.25, 0.3) is 33.5 Å². The van der Waals surface area contributed by atoms with Crippen LogP contribution in [0.2, 0.25) is 0 Å². The SMILES string of the molecule is [2H]C([2H])(C)n1c(=O)c2c(n[c-]n2C)n([CH2-])c1=O.[2H]C([2H])(C)n1c(=O)c2c(n[c-]n2[CH2-])n(C)c1=O.[2H]C([2H])([2H])n1[c-]nc2c1c(=O)n(CC)c(=O)n2[CH2-].[Y].[Y].[Y].[Y].[Y].[Y].[Y].[Y].[Y].[Y].[Y].[Y]. The van der Waals surface area contributed by atoms with Gasteiger partial charge in [-0.1, -0.05) is 5.65 Å². The van der Waals surface area contributed by atoms with Crippen LogP contribution in [-0.2, 0) is 433 Å². The molecule has 0 atom stereocenters. The van der Waals surface area contributed by atoms with Gasteiger partial charge in [0.15, 0.2) is 5.56 Å². The molecule has 0 aliphatic heterocycles. The maximum absolute atomic E-state index is 12.1. The van der Waals surface area contributed by atoms with E-state index in [9.17, 15) is 28.8 Å². The minimum Gasteiger partial charge on any atom is -0.567 e. The van der Waals surface area contributed by atoms with Gasteiger partial charge in [0.25, 0.3) is 0 Å². The average molecular weight is 1690 g/mol. The van der Waals surface area contributed by atoms with Gasteiger partial charge in [-0.15, -0.1) is 25.9 Å². The molecule has 0 spiro atoms. The third-order valence-corrected chi connectivity index (χ3v) is 6.52. The molecule has 6 aromatic heterocycles. The van der Waals surface area contributed by atoms with Crippen LogP contribution in [0.15, 0.2) is 28.8 Å². The van der Waals surface area contributed by atoms with Crippen molar-refractivity contribution < 1.29 is 402 Å². The van der Waals surface area contributed by atoms with Crippen molar-refractivity contribution >= 4 is 33.5 Å². The summed E-state index contributed by atoms with van der Waals surface area (Å²) in [5, 5.41) is 0. The first kappa shape index (κ1) is 66.4. The van der Waals surface area contributed by atoms with Crippen molar-refractivity contribution in [1.82, 2.24) is 56.1 Å². The van der Waals surface area contributed by atoms with Gasteiger partial charge < -0.3 is 61.1 Å². The molecule has 6 rings (SSSR count). The smallest absolute Gasteiger partial charge is 0.313 e. The van der Waals surface area contributed by atoms with Gasteiger partial charge >= 0.3 is 5.69 Å². The molecule has 0 saturated carbocycles. The molecule has 0 fully saturated rings. The van der Waals surface area contributed by atoms with E-state index >= 15 is 0 Å². The van der Waals surface area contributed by atoms with Crippen molar-refractivity contribution in [3.8, 4) is 0 Å². The summed E-state index contributed by atoms with van der Waals surface area (Å²) in [4.78, 5) is 82.7. The summed E-state index contributed by atoms with van der Waals surface area (Å²) in [5.74, 6) is 0. The molecule has 0 N–H and O–H groups in total. The van der Waals surface area contributed by atoms with E-state index in [-0.39, 0.29) is 433 Å². The van der Waals surface area contributed by atoms with E-state index in [0.717, 1.165) is 36.7 Å². The predicted molar refractivity (Wildman–Crippen MR) is 163 cm³/mol. The van der Waals surface area contributed by atoms with Crippen molar-refractivity contribution in [3.05, 3.63) is 103 Å². The Labute approximate surface area is 640 Å². The molecule has 0 aromatic carbocycles. The van der Waals surface area contributed by atoms with Crippen LogP contribution in [0, 0.1) is 40.1 Å². The predicted octanol–water partition coefficient (Wildman–Crippen LogP) is -1.96. The summed E-state index contributed by atoms with van der Waals surface area (Å²) < 4.78 is 59.7. The second-order valence-corrected chi connectivity index (χ2v) is 9.02.